The zero-order valence-electron chi connectivity index (χ0n) is 7.47. The number of hydrogen-bond donors (Lipinski definition) is 1. The molecule has 0 radical (unpaired) electrons. The van der Waals surface area contributed by atoms with Crippen LogP contribution in [0, 0.1) is 11.7 Å². The van der Waals surface area contributed by atoms with Crippen molar-refractivity contribution in [3.63, 3.8) is 0 Å². The Labute approximate surface area is 85.1 Å². The maximum atomic E-state index is 5.29. The van der Waals surface area contributed by atoms with Crippen molar-refractivity contribution in [2.45, 2.75) is 6.92 Å². The number of aromatic nitrogens is 3. The van der Waals surface area contributed by atoms with Gasteiger partial charge in [0.25, 0.3) is 0 Å². The lowest BCUT2D eigenvalue weighted by Crippen LogP contribution is -1.87. The van der Waals surface area contributed by atoms with Crippen LogP contribution >= 0.6 is 12.2 Å². The predicted octanol–water partition coefficient (Wildman–Crippen LogP) is 1.72. The zero-order valence-corrected chi connectivity index (χ0v) is 8.28. The van der Waals surface area contributed by atoms with Crippen molar-refractivity contribution in [3.05, 3.63) is 34.8 Å². The highest BCUT2D eigenvalue weighted by Crippen LogP contribution is 2.03. The Kier molecular flexibility index (Phi) is 2.28. The van der Waals surface area contributed by atoms with Crippen molar-refractivity contribution >= 4 is 18.4 Å². The van der Waals surface area contributed by atoms with E-state index >= 15 is 0 Å². The molecule has 0 unspecified atom stereocenters. The summed E-state index contributed by atoms with van der Waals surface area (Å²) < 4.78 is 7.19. The first kappa shape index (κ1) is 8.89. The molecule has 14 heavy (non-hydrogen) atoms. The first-order chi connectivity index (χ1) is 6.75. The third-order valence-corrected chi connectivity index (χ3v) is 1.88. The number of furan rings is 1. The number of aromatic amines is 1. The van der Waals surface area contributed by atoms with Crippen LogP contribution < -0.4 is 0 Å². The number of nitrogens with zero attached hydrogens (tertiary/aromatic N) is 3. The summed E-state index contributed by atoms with van der Waals surface area (Å²) in [5.74, 6) is 1.54. The number of rotatable bonds is 2. The third-order valence-electron chi connectivity index (χ3n) is 1.61. The molecule has 2 heterocycles. The lowest BCUT2D eigenvalue weighted by molar-refractivity contribution is 0.527. The summed E-state index contributed by atoms with van der Waals surface area (Å²) in [6.45, 7) is 1.88. The molecule has 0 amide bonds. The van der Waals surface area contributed by atoms with Crippen molar-refractivity contribution in [1.29, 1.82) is 0 Å². The van der Waals surface area contributed by atoms with Crippen LogP contribution in [0.1, 0.15) is 11.5 Å². The topological polar surface area (TPSA) is 59.1 Å². The van der Waals surface area contributed by atoms with Gasteiger partial charge in [0, 0.05) is 0 Å². The number of H-pyrrole nitrogens is 1. The van der Waals surface area contributed by atoms with Crippen molar-refractivity contribution < 1.29 is 4.42 Å². The van der Waals surface area contributed by atoms with Crippen LogP contribution in [-0.2, 0) is 0 Å². The predicted molar refractivity (Wildman–Crippen MR) is 53.8 cm³/mol. The van der Waals surface area contributed by atoms with E-state index in [2.05, 4.69) is 15.3 Å². The van der Waals surface area contributed by atoms with Gasteiger partial charge in [-0.1, -0.05) is 0 Å². The maximum Gasteiger partial charge on any atom is 0.216 e. The van der Waals surface area contributed by atoms with Gasteiger partial charge in [-0.3, -0.25) is 5.10 Å². The monoisotopic (exact) mass is 208 g/mol. The van der Waals surface area contributed by atoms with E-state index < -0.39 is 0 Å². The second-order valence-electron chi connectivity index (χ2n) is 2.70. The molecule has 0 spiro atoms. The maximum absolute atomic E-state index is 5.29. The average molecular weight is 208 g/mol. The molecule has 0 aliphatic rings. The van der Waals surface area contributed by atoms with Crippen molar-refractivity contribution in [2.75, 3.05) is 0 Å². The molecule has 1 N–H and O–H groups in total. The Bertz CT molecular complexity index is 507. The number of hydrogen-bond acceptors (Lipinski definition) is 4. The first-order valence-electron chi connectivity index (χ1n) is 3.98. The van der Waals surface area contributed by atoms with Crippen LogP contribution in [-0.4, -0.2) is 21.1 Å². The summed E-state index contributed by atoms with van der Waals surface area (Å²) in [6, 6.07) is 3.71. The normalized spacial score (nSPS) is 11.2. The Morgan fingerprint density at radius 2 is 2.50 bits per heavy atom. The Morgan fingerprint density at radius 3 is 3.07 bits per heavy atom. The standard InChI is InChI=1S/C8H8N4OS/c1-6-2-3-7(13-6)4-10-12-5-9-11-8(12)14/h2-5H,1H3,(H,11,14). The highest BCUT2D eigenvalue weighted by molar-refractivity contribution is 7.71. The molecule has 0 saturated carbocycles. The van der Waals surface area contributed by atoms with E-state index in [9.17, 15) is 0 Å². The van der Waals surface area contributed by atoms with Gasteiger partial charge in [-0.15, -0.1) is 0 Å². The van der Waals surface area contributed by atoms with Gasteiger partial charge in [0.1, 0.15) is 17.8 Å². The molecule has 72 valence electrons. The molecule has 0 saturated heterocycles. The van der Waals surface area contributed by atoms with E-state index in [4.69, 9.17) is 16.6 Å². The summed E-state index contributed by atoms with van der Waals surface area (Å²) in [7, 11) is 0. The van der Waals surface area contributed by atoms with E-state index in [1.165, 1.54) is 11.0 Å². The van der Waals surface area contributed by atoms with Crippen LogP contribution in [0.3, 0.4) is 0 Å². The van der Waals surface area contributed by atoms with Crippen molar-refractivity contribution in [2.24, 2.45) is 5.10 Å². The van der Waals surface area contributed by atoms with E-state index in [0.29, 0.717) is 10.5 Å². The molecule has 0 aliphatic carbocycles. The molecular formula is C8H8N4OS. The van der Waals surface area contributed by atoms with Crippen LogP contribution in [0.2, 0.25) is 0 Å². The Balaban J connectivity index is 2.23. The highest BCUT2D eigenvalue weighted by Gasteiger charge is 1.94. The summed E-state index contributed by atoms with van der Waals surface area (Å²) in [4.78, 5) is 0. The first-order valence-corrected chi connectivity index (χ1v) is 4.39. The smallest absolute Gasteiger partial charge is 0.216 e. The highest BCUT2D eigenvalue weighted by atomic mass is 32.1. The fourth-order valence-corrected chi connectivity index (χ4v) is 1.11. The molecule has 0 atom stereocenters. The van der Waals surface area contributed by atoms with Gasteiger partial charge in [0.05, 0.1) is 6.21 Å². The minimum atomic E-state index is 0.449. The summed E-state index contributed by atoms with van der Waals surface area (Å²) in [5.41, 5.74) is 0. The van der Waals surface area contributed by atoms with Gasteiger partial charge >= 0.3 is 0 Å². The molecule has 0 aliphatic heterocycles. The molecule has 6 heteroatoms. The van der Waals surface area contributed by atoms with Crippen LogP contribution in [0.5, 0.6) is 0 Å². The SMILES string of the molecule is Cc1ccc(C=Nn2cn[nH]c2=S)o1. The van der Waals surface area contributed by atoms with Gasteiger partial charge < -0.3 is 4.42 Å². The van der Waals surface area contributed by atoms with E-state index in [1.807, 2.05) is 19.1 Å². The quantitative estimate of drug-likeness (QED) is 0.604. The van der Waals surface area contributed by atoms with Crippen molar-refractivity contribution in [3.8, 4) is 0 Å². The summed E-state index contributed by atoms with van der Waals surface area (Å²) >= 11 is 4.91. The molecule has 0 fully saturated rings. The second-order valence-corrected chi connectivity index (χ2v) is 3.09. The Hall–Kier alpha value is -1.69. The third kappa shape index (κ3) is 1.80. The van der Waals surface area contributed by atoms with Gasteiger partial charge in [-0.05, 0) is 31.3 Å². The molecule has 0 aromatic carbocycles. The fraction of sp³-hybridized carbons (Fsp3) is 0.125. The average Bonchev–Trinajstić information content (AvgIpc) is 2.72. The van der Waals surface area contributed by atoms with Crippen LogP contribution in [0.4, 0.5) is 0 Å². The van der Waals surface area contributed by atoms with Gasteiger partial charge in [-0.25, -0.2) is 0 Å². The zero-order chi connectivity index (χ0) is 9.97. The summed E-state index contributed by atoms with van der Waals surface area (Å²) in [6.07, 6.45) is 3.08. The lowest BCUT2D eigenvalue weighted by Gasteiger charge is -1.87. The van der Waals surface area contributed by atoms with Gasteiger partial charge in [-0.2, -0.15) is 14.9 Å². The van der Waals surface area contributed by atoms with E-state index in [0.717, 1.165) is 5.76 Å². The second kappa shape index (κ2) is 3.59. The van der Waals surface area contributed by atoms with E-state index in [1.54, 1.807) is 6.21 Å². The minimum absolute atomic E-state index is 0.449. The molecule has 2 aromatic heterocycles. The Morgan fingerprint density at radius 1 is 1.64 bits per heavy atom. The molecule has 5 nitrogen and oxygen atoms in total. The summed E-state index contributed by atoms with van der Waals surface area (Å²) in [5, 5.41) is 10.4. The van der Waals surface area contributed by atoms with Crippen LogP contribution in [0.15, 0.2) is 28.0 Å². The van der Waals surface area contributed by atoms with Crippen molar-refractivity contribution in [1.82, 2.24) is 14.9 Å². The fourth-order valence-electron chi connectivity index (χ4n) is 0.967. The number of aryl methyl sites for hydroxylation is 1. The minimum Gasteiger partial charge on any atom is -0.460 e. The lowest BCUT2D eigenvalue weighted by atomic mass is 10.4. The molecule has 2 rings (SSSR count). The molecular weight excluding hydrogens is 200 g/mol. The molecule has 0 bridgehead atoms. The van der Waals surface area contributed by atoms with Gasteiger partial charge in [0.2, 0.25) is 4.77 Å². The van der Waals surface area contributed by atoms with Gasteiger partial charge in [0.15, 0.2) is 0 Å². The van der Waals surface area contributed by atoms with Crippen LogP contribution in [0.25, 0.3) is 0 Å². The largest absolute Gasteiger partial charge is 0.460 e. The molecule has 2 aromatic rings. The van der Waals surface area contributed by atoms with E-state index in [-0.39, 0.29) is 0 Å². The number of nitrogens with one attached hydrogen (secondary N) is 1.